The molecule has 1 aliphatic rings. The van der Waals surface area contributed by atoms with Crippen LogP contribution in [0.3, 0.4) is 0 Å². The molecule has 0 saturated carbocycles. The number of nitrogens with one attached hydrogen (secondary N) is 1. The van der Waals surface area contributed by atoms with Crippen LogP contribution in [0.25, 0.3) is 0 Å². The van der Waals surface area contributed by atoms with Crippen LogP contribution in [0.4, 0.5) is 5.69 Å². The third-order valence-electron chi connectivity index (χ3n) is 3.11. The Morgan fingerprint density at radius 1 is 1.50 bits per heavy atom. The second-order valence-corrected chi connectivity index (χ2v) is 5.51. The monoisotopic (exact) mass is 312 g/mol. The number of carbonyl (C=O) groups excluding carboxylic acids is 1. The standard InChI is InChI=1S/C13H17BrN2O2/c1-9(17)13(18)15-11-6-7-16(8-11)12-4-2-10(14)3-5-12/h2-5,9,11,17H,6-8H2,1H3,(H,15,18)/t9-,11-/m0/s1. The molecule has 5 heteroatoms. The first-order valence-corrected chi connectivity index (χ1v) is 6.84. The smallest absolute Gasteiger partial charge is 0.248 e. The maximum Gasteiger partial charge on any atom is 0.248 e. The van der Waals surface area contributed by atoms with Gasteiger partial charge in [0.05, 0.1) is 0 Å². The average molecular weight is 313 g/mol. The van der Waals surface area contributed by atoms with Gasteiger partial charge in [-0.05, 0) is 37.6 Å². The predicted molar refractivity (Wildman–Crippen MR) is 74.6 cm³/mol. The Balaban J connectivity index is 1.92. The van der Waals surface area contributed by atoms with Crippen molar-refractivity contribution < 1.29 is 9.90 Å². The Hall–Kier alpha value is -1.07. The van der Waals surface area contributed by atoms with E-state index in [0.717, 1.165) is 29.7 Å². The number of hydrogen-bond acceptors (Lipinski definition) is 3. The first-order chi connectivity index (χ1) is 8.56. The average Bonchev–Trinajstić information content (AvgIpc) is 2.78. The Labute approximate surface area is 115 Å². The molecule has 2 N–H and O–H groups in total. The summed E-state index contributed by atoms with van der Waals surface area (Å²) in [6.45, 7) is 3.20. The number of halogens is 1. The molecule has 0 radical (unpaired) electrons. The zero-order chi connectivity index (χ0) is 13.1. The Kier molecular flexibility index (Phi) is 4.24. The van der Waals surface area contributed by atoms with E-state index >= 15 is 0 Å². The minimum Gasteiger partial charge on any atom is -0.384 e. The number of rotatable bonds is 3. The highest BCUT2D eigenvalue weighted by Gasteiger charge is 2.25. The van der Waals surface area contributed by atoms with Gasteiger partial charge >= 0.3 is 0 Å². The topological polar surface area (TPSA) is 52.6 Å². The van der Waals surface area contributed by atoms with Crippen molar-refractivity contribution in [1.29, 1.82) is 0 Å². The van der Waals surface area contributed by atoms with Crippen molar-refractivity contribution >= 4 is 27.5 Å². The number of amides is 1. The van der Waals surface area contributed by atoms with Gasteiger partial charge in [-0.2, -0.15) is 0 Å². The molecule has 1 aromatic rings. The van der Waals surface area contributed by atoms with Crippen molar-refractivity contribution in [3.05, 3.63) is 28.7 Å². The zero-order valence-corrected chi connectivity index (χ0v) is 11.9. The van der Waals surface area contributed by atoms with Gasteiger partial charge in [-0.25, -0.2) is 0 Å². The van der Waals surface area contributed by atoms with E-state index in [0.29, 0.717) is 0 Å². The first kappa shape index (κ1) is 13.4. The molecule has 0 spiro atoms. The van der Waals surface area contributed by atoms with E-state index in [1.807, 2.05) is 12.1 Å². The molecule has 1 fully saturated rings. The van der Waals surface area contributed by atoms with Crippen LogP contribution in [0.15, 0.2) is 28.7 Å². The molecular formula is C13H17BrN2O2. The van der Waals surface area contributed by atoms with E-state index in [9.17, 15) is 4.79 Å². The quantitative estimate of drug-likeness (QED) is 0.890. The minimum atomic E-state index is -0.938. The van der Waals surface area contributed by atoms with Gasteiger partial charge in [-0.3, -0.25) is 4.79 Å². The SMILES string of the molecule is C[C@H](O)C(=O)N[C@H]1CCN(c2ccc(Br)cc2)C1. The Bertz CT molecular complexity index is 420. The molecular weight excluding hydrogens is 296 g/mol. The lowest BCUT2D eigenvalue weighted by Crippen LogP contribution is -2.41. The summed E-state index contributed by atoms with van der Waals surface area (Å²) in [4.78, 5) is 13.6. The maximum atomic E-state index is 11.4. The van der Waals surface area contributed by atoms with Crippen molar-refractivity contribution in [3.63, 3.8) is 0 Å². The van der Waals surface area contributed by atoms with Gasteiger partial charge in [0, 0.05) is 29.3 Å². The molecule has 2 atom stereocenters. The highest BCUT2D eigenvalue weighted by atomic mass is 79.9. The lowest BCUT2D eigenvalue weighted by Gasteiger charge is -2.19. The summed E-state index contributed by atoms with van der Waals surface area (Å²) >= 11 is 3.41. The van der Waals surface area contributed by atoms with E-state index in [-0.39, 0.29) is 11.9 Å². The van der Waals surface area contributed by atoms with Crippen LogP contribution in [-0.2, 0) is 4.79 Å². The molecule has 98 valence electrons. The van der Waals surface area contributed by atoms with E-state index in [1.165, 1.54) is 6.92 Å². The molecule has 4 nitrogen and oxygen atoms in total. The van der Waals surface area contributed by atoms with Crippen molar-refractivity contribution in [1.82, 2.24) is 5.32 Å². The first-order valence-electron chi connectivity index (χ1n) is 6.05. The molecule has 1 heterocycles. The zero-order valence-electron chi connectivity index (χ0n) is 10.3. The van der Waals surface area contributed by atoms with Crippen molar-refractivity contribution in [2.75, 3.05) is 18.0 Å². The van der Waals surface area contributed by atoms with Crippen LogP contribution >= 0.6 is 15.9 Å². The lowest BCUT2D eigenvalue weighted by molar-refractivity contribution is -0.129. The molecule has 0 unspecified atom stereocenters. The number of benzene rings is 1. The Morgan fingerprint density at radius 3 is 2.78 bits per heavy atom. The molecule has 0 bridgehead atoms. The molecule has 2 rings (SSSR count). The van der Waals surface area contributed by atoms with Crippen molar-refractivity contribution in [2.24, 2.45) is 0 Å². The van der Waals surface area contributed by atoms with Crippen LogP contribution in [-0.4, -0.2) is 36.2 Å². The maximum absolute atomic E-state index is 11.4. The van der Waals surface area contributed by atoms with Gasteiger partial charge in [0.2, 0.25) is 5.91 Å². The molecule has 18 heavy (non-hydrogen) atoms. The summed E-state index contributed by atoms with van der Waals surface area (Å²) in [5.41, 5.74) is 1.16. The van der Waals surface area contributed by atoms with Crippen LogP contribution in [0.2, 0.25) is 0 Å². The third kappa shape index (κ3) is 3.23. The Morgan fingerprint density at radius 2 is 2.17 bits per heavy atom. The van der Waals surface area contributed by atoms with E-state index in [1.54, 1.807) is 0 Å². The summed E-state index contributed by atoms with van der Waals surface area (Å²) in [7, 11) is 0. The summed E-state index contributed by atoms with van der Waals surface area (Å²) in [6, 6.07) is 8.26. The fourth-order valence-electron chi connectivity index (χ4n) is 2.09. The molecule has 1 amide bonds. The summed E-state index contributed by atoms with van der Waals surface area (Å²) in [5.74, 6) is -0.294. The predicted octanol–water partition coefficient (Wildman–Crippen LogP) is 1.52. The van der Waals surface area contributed by atoms with Gasteiger partial charge in [-0.15, -0.1) is 0 Å². The second-order valence-electron chi connectivity index (χ2n) is 4.59. The third-order valence-corrected chi connectivity index (χ3v) is 3.63. The lowest BCUT2D eigenvalue weighted by atomic mass is 10.2. The van der Waals surface area contributed by atoms with Gasteiger partial charge in [0.25, 0.3) is 0 Å². The fourth-order valence-corrected chi connectivity index (χ4v) is 2.35. The molecule has 1 aliphatic heterocycles. The summed E-state index contributed by atoms with van der Waals surface area (Å²) in [5, 5.41) is 12.0. The number of anilines is 1. The number of carbonyl (C=O) groups is 1. The molecule has 1 aromatic carbocycles. The molecule has 1 saturated heterocycles. The highest BCUT2D eigenvalue weighted by Crippen LogP contribution is 2.22. The molecule has 0 aliphatic carbocycles. The van der Waals surface area contributed by atoms with Gasteiger partial charge in [0.15, 0.2) is 0 Å². The van der Waals surface area contributed by atoms with E-state index < -0.39 is 6.10 Å². The number of hydrogen-bond donors (Lipinski definition) is 2. The minimum absolute atomic E-state index is 0.121. The summed E-state index contributed by atoms with van der Waals surface area (Å²) < 4.78 is 1.06. The van der Waals surface area contributed by atoms with Gasteiger partial charge < -0.3 is 15.3 Å². The molecule has 0 aromatic heterocycles. The second kappa shape index (κ2) is 5.71. The van der Waals surface area contributed by atoms with Crippen molar-refractivity contribution in [3.8, 4) is 0 Å². The van der Waals surface area contributed by atoms with E-state index in [2.05, 4.69) is 38.3 Å². The number of aliphatic hydroxyl groups is 1. The van der Waals surface area contributed by atoms with Crippen LogP contribution in [0, 0.1) is 0 Å². The van der Waals surface area contributed by atoms with Gasteiger partial charge in [-0.1, -0.05) is 15.9 Å². The largest absolute Gasteiger partial charge is 0.384 e. The number of aliphatic hydroxyl groups excluding tert-OH is 1. The number of nitrogens with zero attached hydrogens (tertiary/aromatic N) is 1. The highest BCUT2D eigenvalue weighted by molar-refractivity contribution is 9.10. The van der Waals surface area contributed by atoms with E-state index in [4.69, 9.17) is 5.11 Å². The van der Waals surface area contributed by atoms with Crippen LogP contribution in [0.5, 0.6) is 0 Å². The van der Waals surface area contributed by atoms with Crippen LogP contribution < -0.4 is 10.2 Å². The van der Waals surface area contributed by atoms with Gasteiger partial charge in [0.1, 0.15) is 6.10 Å². The fraction of sp³-hybridized carbons (Fsp3) is 0.462. The summed E-state index contributed by atoms with van der Waals surface area (Å²) in [6.07, 6.45) is -0.0270. The normalized spacial score (nSPS) is 20.8. The van der Waals surface area contributed by atoms with Crippen molar-refractivity contribution in [2.45, 2.75) is 25.5 Å². The van der Waals surface area contributed by atoms with Crippen LogP contribution in [0.1, 0.15) is 13.3 Å².